The Morgan fingerprint density at radius 1 is 0.983 bits per heavy atom. The summed E-state index contributed by atoms with van der Waals surface area (Å²) in [7, 11) is 1.85. The van der Waals surface area contributed by atoms with Crippen LogP contribution in [-0.4, -0.2) is 63.5 Å². The van der Waals surface area contributed by atoms with Crippen molar-refractivity contribution in [2.75, 3.05) is 31.2 Å². The van der Waals surface area contributed by atoms with E-state index in [0.717, 1.165) is 95.5 Å². The number of imide groups is 1. The van der Waals surface area contributed by atoms with E-state index < -0.39 is 5.92 Å². The van der Waals surface area contributed by atoms with Crippen LogP contribution >= 0.6 is 0 Å². The lowest BCUT2D eigenvalue weighted by Crippen LogP contribution is -2.39. The van der Waals surface area contributed by atoms with E-state index in [2.05, 4.69) is 44.5 Å². The van der Waals surface area contributed by atoms with Gasteiger partial charge in [0.2, 0.25) is 11.8 Å². The Balaban J connectivity index is 0.931. The normalized spacial score (nSPS) is 17.0. The van der Waals surface area contributed by atoms with Crippen molar-refractivity contribution < 1.29 is 23.5 Å². The van der Waals surface area contributed by atoms with Gasteiger partial charge in [-0.15, -0.1) is 0 Å². The first kappa shape index (κ1) is 38.8. The molecule has 7 heterocycles. The van der Waals surface area contributed by atoms with Gasteiger partial charge in [-0.3, -0.25) is 29.5 Å². The van der Waals surface area contributed by atoms with Crippen LogP contribution in [0.1, 0.15) is 94.9 Å². The molecular weight excluding hydrogens is 759 g/mol. The third-order valence-electron chi connectivity index (χ3n) is 12.0. The van der Waals surface area contributed by atoms with Crippen molar-refractivity contribution in [3.63, 3.8) is 0 Å². The Morgan fingerprint density at radius 3 is 2.65 bits per heavy atom. The molecule has 0 spiro atoms. The lowest BCUT2D eigenvalue weighted by Gasteiger charge is -2.33. The fourth-order valence-electron chi connectivity index (χ4n) is 8.79. The zero-order valence-corrected chi connectivity index (χ0v) is 33.9. The summed E-state index contributed by atoms with van der Waals surface area (Å²) in [4.78, 5) is 67.4. The number of aromatic nitrogens is 4. The van der Waals surface area contributed by atoms with Gasteiger partial charge in [-0.05, 0) is 105 Å². The SMILES string of the molecule is CCc1cc(-c2ncc3c(n2)CCCN3c2cc(C3CCOCC3)cc3c2cc(C)c(=O)n3C)cnc1C(=O)NCC#Cc1ccc2occ(C3CCC(=O)NC3=O)c2c1. The van der Waals surface area contributed by atoms with Gasteiger partial charge in [0.15, 0.2) is 5.82 Å². The molecule has 304 valence electrons. The molecule has 3 aliphatic rings. The lowest BCUT2D eigenvalue weighted by atomic mass is 9.89. The fraction of sp³-hybridized carbons (Fsp3) is 0.340. The van der Waals surface area contributed by atoms with Crippen LogP contribution < -0.4 is 21.1 Å². The minimum absolute atomic E-state index is 0.00577. The highest BCUT2D eigenvalue weighted by molar-refractivity contribution is 6.03. The van der Waals surface area contributed by atoms with E-state index in [0.29, 0.717) is 47.0 Å². The van der Waals surface area contributed by atoms with Gasteiger partial charge in [0.05, 0.1) is 47.5 Å². The zero-order valence-electron chi connectivity index (χ0n) is 33.9. The summed E-state index contributed by atoms with van der Waals surface area (Å²) >= 11 is 0. The topological polar surface area (TPSA) is 162 Å². The molecule has 0 radical (unpaired) electrons. The molecule has 3 amide bonds. The first-order chi connectivity index (χ1) is 29.2. The summed E-state index contributed by atoms with van der Waals surface area (Å²) in [5, 5.41) is 7.08. The van der Waals surface area contributed by atoms with E-state index in [1.165, 1.54) is 5.56 Å². The number of furan rings is 1. The van der Waals surface area contributed by atoms with E-state index >= 15 is 0 Å². The number of hydrogen-bond acceptors (Lipinski definition) is 10. The summed E-state index contributed by atoms with van der Waals surface area (Å²) < 4.78 is 13.1. The maximum Gasteiger partial charge on any atom is 0.270 e. The first-order valence-electron chi connectivity index (χ1n) is 20.6. The minimum atomic E-state index is -0.469. The molecule has 1 unspecified atom stereocenters. The molecule has 9 rings (SSSR count). The second kappa shape index (κ2) is 16.2. The number of carbonyl (C=O) groups is 3. The molecular formula is C47H45N7O6. The number of ether oxygens (including phenoxy) is 1. The standard InChI is InChI=1S/C47H45N7O6/c1-4-29-21-32(24-49-43(29)46(57)48-15-5-7-28-9-11-41-34(20-28)36(26-60-41)33-10-12-42(55)52-45(33)56)44-50-25-40-37(51-44)8-6-16-54(40)39-23-31(30-13-17-59-18-14-30)22-38-35(39)19-27(2)47(58)53(38)3/h9,11,19-26,30,33H,4,6,8,10,12-18H2,1-3H3,(H,48,57)(H,52,55,56). The molecule has 2 N–H and O–H groups in total. The average molecular weight is 804 g/mol. The largest absolute Gasteiger partial charge is 0.464 e. The van der Waals surface area contributed by atoms with Crippen molar-refractivity contribution in [2.45, 2.75) is 70.6 Å². The number of hydrogen-bond donors (Lipinski definition) is 2. The second-order valence-corrected chi connectivity index (χ2v) is 15.8. The van der Waals surface area contributed by atoms with Crippen molar-refractivity contribution in [1.82, 2.24) is 30.2 Å². The van der Waals surface area contributed by atoms with Crippen LogP contribution in [0.25, 0.3) is 33.3 Å². The minimum Gasteiger partial charge on any atom is -0.464 e. The summed E-state index contributed by atoms with van der Waals surface area (Å²) in [6.07, 6.45) is 9.97. The van der Waals surface area contributed by atoms with E-state index in [1.807, 2.05) is 51.4 Å². The number of carbonyl (C=O) groups excluding carboxylic acids is 3. The third kappa shape index (κ3) is 7.32. The number of rotatable bonds is 7. The lowest BCUT2D eigenvalue weighted by molar-refractivity contribution is -0.134. The Morgan fingerprint density at radius 2 is 1.83 bits per heavy atom. The summed E-state index contributed by atoms with van der Waals surface area (Å²) in [6.45, 7) is 6.20. The van der Waals surface area contributed by atoms with Gasteiger partial charge in [-0.1, -0.05) is 18.8 Å². The molecule has 0 aliphatic carbocycles. The van der Waals surface area contributed by atoms with Gasteiger partial charge in [-0.2, -0.15) is 0 Å². The molecule has 4 aromatic heterocycles. The molecule has 13 heteroatoms. The van der Waals surface area contributed by atoms with Gasteiger partial charge in [-0.25, -0.2) is 9.97 Å². The Hall–Kier alpha value is -6.65. The predicted molar refractivity (Wildman–Crippen MR) is 227 cm³/mol. The van der Waals surface area contributed by atoms with Crippen LogP contribution in [0.5, 0.6) is 0 Å². The highest BCUT2D eigenvalue weighted by Crippen LogP contribution is 2.41. The summed E-state index contributed by atoms with van der Waals surface area (Å²) in [6, 6.07) is 13.9. The van der Waals surface area contributed by atoms with Gasteiger partial charge >= 0.3 is 0 Å². The number of fused-ring (bicyclic) bond motifs is 3. The molecule has 1 atom stereocenters. The summed E-state index contributed by atoms with van der Waals surface area (Å²) in [5.41, 5.74) is 9.65. The smallest absolute Gasteiger partial charge is 0.270 e. The quantitative estimate of drug-likeness (QED) is 0.139. The number of nitrogens with one attached hydrogen (secondary N) is 2. The van der Waals surface area contributed by atoms with Crippen molar-refractivity contribution in [3.8, 4) is 23.2 Å². The van der Waals surface area contributed by atoms with Crippen LogP contribution in [0.3, 0.4) is 0 Å². The molecule has 0 saturated carbocycles. The maximum atomic E-state index is 13.4. The highest BCUT2D eigenvalue weighted by atomic mass is 16.5. The predicted octanol–water partition coefficient (Wildman–Crippen LogP) is 6.29. The Bertz CT molecular complexity index is 2840. The number of nitrogens with zero attached hydrogens (tertiary/aromatic N) is 5. The molecule has 2 fully saturated rings. The Kier molecular flexibility index (Phi) is 10.5. The monoisotopic (exact) mass is 803 g/mol. The van der Waals surface area contributed by atoms with Gasteiger partial charge in [0, 0.05) is 72.5 Å². The molecule has 13 nitrogen and oxygen atoms in total. The van der Waals surface area contributed by atoms with E-state index in [-0.39, 0.29) is 36.2 Å². The molecule has 3 aliphatic heterocycles. The maximum absolute atomic E-state index is 13.4. The van der Waals surface area contributed by atoms with Crippen LogP contribution in [0.4, 0.5) is 11.4 Å². The van der Waals surface area contributed by atoms with E-state index in [9.17, 15) is 19.2 Å². The molecule has 2 saturated heterocycles. The Labute approximate surface area is 346 Å². The first-order valence-corrected chi connectivity index (χ1v) is 20.6. The number of benzene rings is 2. The van der Waals surface area contributed by atoms with Crippen LogP contribution in [0, 0.1) is 18.8 Å². The molecule has 2 aromatic carbocycles. The number of amides is 3. The van der Waals surface area contributed by atoms with Crippen LogP contribution in [0.15, 0.2) is 70.3 Å². The average Bonchev–Trinajstić information content (AvgIpc) is 3.69. The van der Waals surface area contributed by atoms with Crippen molar-refractivity contribution in [2.24, 2.45) is 7.05 Å². The molecule has 0 bridgehead atoms. The van der Waals surface area contributed by atoms with Crippen LogP contribution in [0.2, 0.25) is 0 Å². The van der Waals surface area contributed by atoms with Crippen molar-refractivity contribution >= 4 is 51.0 Å². The van der Waals surface area contributed by atoms with Gasteiger partial charge in [0.1, 0.15) is 11.3 Å². The highest BCUT2D eigenvalue weighted by Gasteiger charge is 2.31. The van der Waals surface area contributed by atoms with E-state index in [4.69, 9.17) is 19.1 Å². The van der Waals surface area contributed by atoms with E-state index in [1.54, 1.807) is 23.1 Å². The zero-order chi connectivity index (χ0) is 41.5. The van der Waals surface area contributed by atoms with Crippen molar-refractivity contribution in [3.05, 3.63) is 111 Å². The third-order valence-corrected chi connectivity index (χ3v) is 12.0. The van der Waals surface area contributed by atoms with Gasteiger partial charge in [0.25, 0.3) is 11.5 Å². The number of anilines is 2. The number of piperidine rings is 1. The van der Waals surface area contributed by atoms with Crippen molar-refractivity contribution in [1.29, 1.82) is 0 Å². The number of pyridine rings is 2. The summed E-state index contributed by atoms with van der Waals surface area (Å²) in [5.74, 6) is 5.62. The second-order valence-electron chi connectivity index (χ2n) is 15.8. The molecule has 6 aromatic rings. The van der Waals surface area contributed by atoms with Crippen LogP contribution in [-0.2, 0) is 34.2 Å². The number of aryl methyl sites for hydroxylation is 4. The molecule has 60 heavy (non-hydrogen) atoms. The van der Waals surface area contributed by atoms with Gasteiger partial charge < -0.3 is 23.9 Å². The fourth-order valence-corrected chi connectivity index (χ4v) is 8.79.